The zero-order valence-electron chi connectivity index (χ0n) is 30.5. The molecule has 0 aliphatic carbocycles. The van der Waals surface area contributed by atoms with Crippen LogP contribution in [0, 0.1) is 12.1 Å². The molecule has 0 atom stereocenters. The van der Waals surface area contributed by atoms with Gasteiger partial charge in [-0.3, -0.25) is 0 Å². The molecule has 255 valence electrons. The van der Waals surface area contributed by atoms with Gasteiger partial charge in [-0.2, -0.15) is 0 Å². The quantitative estimate of drug-likeness (QED) is 0.124. The summed E-state index contributed by atoms with van der Waals surface area (Å²) in [4.78, 5) is 9.20. The van der Waals surface area contributed by atoms with E-state index in [1.165, 1.54) is 16.3 Å². The van der Waals surface area contributed by atoms with Crippen LogP contribution in [-0.2, 0) is 20.1 Å². The fourth-order valence-electron chi connectivity index (χ4n) is 6.10. The minimum Gasteiger partial charge on any atom is -0.500 e. The number of fused-ring (bicyclic) bond motifs is 3. The van der Waals surface area contributed by atoms with Gasteiger partial charge in [0.25, 0.3) is 0 Å². The molecule has 0 aliphatic heterocycles. The van der Waals surface area contributed by atoms with Gasteiger partial charge in [0, 0.05) is 44.8 Å². The van der Waals surface area contributed by atoms with Crippen molar-refractivity contribution in [3.8, 4) is 44.8 Å². The molecule has 0 saturated carbocycles. The average molecular weight is 858 g/mol. The number of benzene rings is 5. The van der Waals surface area contributed by atoms with Crippen LogP contribution in [-0.4, -0.2) is 18.0 Å². The van der Waals surface area contributed by atoms with Gasteiger partial charge in [-0.05, 0) is 39.7 Å². The van der Waals surface area contributed by atoms with E-state index in [9.17, 15) is 0 Å². The van der Waals surface area contributed by atoms with E-state index in [4.69, 9.17) is 5.79 Å². The van der Waals surface area contributed by atoms with Gasteiger partial charge in [0.2, 0.25) is 0 Å². The van der Waals surface area contributed by atoms with Gasteiger partial charge >= 0.3 is 0 Å². The van der Waals surface area contributed by atoms with Crippen molar-refractivity contribution in [1.29, 1.82) is 0 Å². The van der Waals surface area contributed by atoms with Crippen LogP contribution in [0.3, 0.4) is 0 Å². The number of hydrogen-bond acceptors (Lipinski definition) is 3. The molecule has 0 bridgehead atoms. The van der Waals surface area contributed by atoms with Gasteiger partial charge in [0.05, 0.1) is 13.7 Å². The first-order chi connectivity index (χ1) is 24.6. The van der Waals surface area contributed by atoms with Crippen LogP contribution in [0.2, 0.25) is 19.6 Å². The van der Waals surface area contributed by atoms with E-state index in [-0.39, 0.29) is 20.1 Å². The summed E-state index contributed by atoms with van der Waals surface area (Å²) in [5, 5.41) is 3.51. The van der Waals surface area contributed by atoms with Crippen molar-refractivity contribution in [3.63, 3.8) is 0 Å². The van der Waals surface area contributed by atoms with E-state index in [0.29, 0.717) is 0 Å². The first-order valence-electron chi connectivity index (χ1n) is 17.5. The fraction of sp³-hybridized carbons (Fsp3) is 0.130. The summed E-state index contributed by atoms with van der Waals surface area (Å²) in [5.74, 6) is -0.695. The zero-order chi connectivity index (χ0) is 35.6. The molecule has 3 heterocycles. The molecule has 51 heavy (non-hydrogen) atoms. The summed E-state index contributed by atoms with van der Waals surface area (Å²) in [5.41, 5.74) is 10.8. The van der Waals surface area contributed by atoms with Crippen LogP contribution in [0.5, 0.6) is 0 Å². The Morgan fingerprint density at radius 1 is 0.647 bits per heavy atom. The summed E-state index contributed by atoms with van der Waals surface area (Å²) in [7, 11) is -1.29. The molecule has 0 amide bonds. The number of aromatic nitrogens is 2. The molecule has 0 aliphatic rings. The molecule has 8 aromatic rings. The van der Waals surface area contributed by atoms with Crippen LogP contribution in [0.15, 0.2) is 150 Å². The molecule has 5 heteroatoms. The van der Waals surface area contributed by atoms with Crippen molar-refractivity contribution in [3.05, 3.63) is 164 Å². The summed E-state index contributed by atoms with van der Waals surface area (Å²) in [6.45, 7) is 10.8. The number of pyridine rings is 2. The smallest absolute Gasteiger partial charge is 0.128 e. The normalized spacial score (nSPS) is 11.7. The SMILES string of the molecule is C[Si](C)(C)c1ccc(-c2[c-]ccc(-c3ccccc3)c2)nc1.[2H]C(C)(C)c1ccnc(-c2[c-]ccc3c2oc2c(-c4ccccc4)cccc23)c1.[Ir]. The Kier molecular flexibility index (Phi) is 10.5. The molecule has 0 fully saturated rings. The second-order valence-corrected chi connectivity index (χ2v) is 18.8. The Morgan fingerprint density at radius 2 is 1.35 bits per heavy atom. The van der Waals surface area contributed by atoms with Crippen molar-refractivity contribution in [2.45, 2.75) is 39.4 Å². The van der Waals surface area contributed by atoms with Gasteiger partial charge in [0.15, 0.2) is 0 Å². The summed E-state index contributed by atoms with van der Waals surface area (Å²) in [6, 6.07) is 51.9. The average Bonchev–Trinajstić information content (AvgIpc) is 3.55. The number of hydrogen-bond donors (Lipinski definition) is 0. The predicted octanol–water partition coefficient (Wildman–Crippen LogP) is 12.0. The van der Waals surface area contributed by atoms with Crippen molar-refractivity contribution >= 4 is 35.2 Å². The second-order valence-electron chi connectivity index (χ2n) is 13.7. The summed E-state index contributed by atoms with van der Waals surface area (Å²) >= 11 is 0. The topological polar surface area (TPSA) is 38.9 Å². The minimum absolute atomic E-state index is 0. The number of rotatable bonds is 6. The molecular weight excluding hydrogens is 817 g/mol. The van der Waals surface area contributed by atoms with E-state index < -0.39 is 14.0 Å². The third-order valence-corrected chi connectivity index (χ3v) is 11.0. The standard InChI is InChI=1S/C26H20NO.C20H20NSi.Ir/c1-17(2)19-14-15-27-24(16-19)23-13-7-12-22-21-11-6-10-20(25(21)28-26(22)23)18-8-4-3-5-9-18;1-22(2,3)19-12-13-20(21-15-19)18-11-7-10-17(14-18)16-8-5-4-6-9-16;/h3-12,14-17H,1-2H3;4-10,12-15H,1-3H3;/q2*-1;/i17D;;. The molecule has 1 radical (unpaired) electrons. The van der Waals surface area contributed by atoms with Crippen LogP contribution < -0.4 is 5.19 Å². The first kappa shape index (κ1) is 34.5. The van der Waals surface area contributed by atoms with Crippen molar-refractivity contribution < 1.29 is 25.9 Å². The first-order valence-corrected chi connectivity index (χ1v) is 20.5. The molecule has 0 unspecified atom stereocenters. The summed E-state index contributed by atoms with van der Waals surface area (Å²) in [6.07, 6.45) is 3.79. The number of para-hydroxylation sites is 1. The van der Waals surface area contributed by atoms with E-state index in [2.05, 4.69) is 121 Å². The minimum atomic E-state index is -1.29. The molecule has 8 rings (SSSR count). The largest absolute Gasteiger partial charge is 0.500 e. The van der Waals surface area contributed by atoms with Crippen molar-refractivity contribution in [1.82, 2.24) is 9.97 Å². The summed E-state index contributed by atoms with van der Waals surface area (Å²) < 4.78 is 14.8. The van der Waals surface area contributed by atoms with Crippen LogP contribution in [0.4, 0.5) is 0 Å². The number of furan rings is 1. The maximum Gasteiger partial charge on any atom is 0.128 e. The molecule has 5 aromatic carbocycles. The Balaban J connectivity index is 0.000000182. The van der Waals surface area contributed by atoms with Gasteiger partial charge in [-0.1, -0.05) is 147 Å². The van der Waals surface area contributed by atoms with Gasteiger partial charge in [-0.15, -0.1) is 53.6 Å². The van der Waals surface area contributed by atoms with Gasteiger partial charge in [-0.25, -0.2) is 0 Å². The molecule has 0 N–H and O–H groups in total. The number of nitrogens with zero attached hydrogens (tertiary/aromatic N) is 2. The van der Waals surface area contributed by atoms with E-state index in [0.717, 1.165) is 61.1 Å². The molecule has 3 aromatic heterocycles. The fourth-order valence-corrected chi connectivity index (χ4v) is 7.13. The molecule has 3 nitrogen and oxygen atoms in total. The maximum absolute atomic E-state index is 8.34. The molecular formula is C46H40IrN2OSi-2. The monoisotopic (exact) mass is 858 g/mol. The third kappa shape index (κ3) is 7.87. The molecule has 0 spiro atoms. The molecule has 0 saturated heterocycles. The maximum atomic E-state index is 8.34. The van der Waals surface area contributed by atoms with Gasteiger partial charge in [0.1, 0.15) is 5.58 Å². The Morgan fingerprint density at radius 3 is 2.04 bits per heavy atom. The predicted molar refractivity (Wildman–Crippen MR) is 212 cm³/mol. The van der Waals surface area contributed by atoms with Crippen molar-refractivity contribution in [2.24, 2.45) is 0 Å². The second kappa shape index (κ2) is 15.5. The van der Waals surface area contributed by atoms with E-state index >= 15 is 0 Å². The Labute approximate surface area is 317 Å². The van der Waals surface area contributed by atoms with Crippen LogP contribution in [0.25, 0.3) is 66.7 Å². The van der Waals surface area contributed by atoms with Crippen LogP contribution in [0.1, 0.15) is 26.7 Å². The van der Waals surface area contributed by atoms with E-state index in [1.807, 2.05) is 74.6 Å². The van der Waals surface area contributed by atoms with Crippen LogP contribution >= 0.6 is 0 Å². The Hall–Kier alpha value is -4.93. The third-order valence-electron chi connectivity index (χ3n) is 8.95. The zero-order valence-corrected chi connectivity index (χ0v) is 32.9. The van der Waals surface area contributed by atoms with Crippen molar-refractivity contribution in [2.75, 3.05) is 0 Å². The van der Waals surface area contributed by atoms with Gasteiger partial charge < -0.3 is 14.4 Å². The Bertz CT molecular complexity index is 2430. The van der Waals surface area contributed by atoms with E-state index in [1.54, 1.807) is 6.20 Å².